The van der Waals surface area contributed by atoms with Gasteiger partial charge in [0.2, 0.25) is 5.91 Å². The minimum atomic E-state index is -0.173. The molecule has 42 heavy (non-hydrogen) atoms. The molecule has 0 saturated carbocycles. The molecule has 0 unspecified atom stereocenters. The molecule has 2 aliphatic heterocycles. The van der Waals surface area contributed by atoms with Gasteiger partial charge in [-0.3, -0.25) is 14.4 Å². The fourth-order valence-electron chi connectivity index (χ4n) is 4.96. The van der Waals surface area contributed by atoms with E-state index >= 15 is 0 Å². The van der Waals surface area contributed by atoms with Gasteiger partial charge in [-0.25, -0.2) is 0 Å². The molecule has 0 aliphatic carbocycles. The molecule has 0 atom stereocenters. The number of aryl methyl sites for hydroxylation is 1. The summed E-state index contributed by atoms with van der Waals surface area (Å²) in [5.74, 6) is 1.23. The van der Waals surface area contributed by atoms with E-state index in [2.05, 4.69) is 39.7 Å². The van der Waals surface area contributed by atoms with Crippen LogP contribution in [0.3, 0.4) is 0 Å². The molecule has 5 rings (SSSR count). The highest BCUT2D eigenvalue weighted by atomic mass is 16.5. The van der Waals surface area contributed by atoms with E-state index in [0.717, 1.165) is 59.9 Å². The summed E-state index contributed by atoms with van der Waals surface area (Å²) in [5.41, 5.74) is 6.06. The van der Waals surface area contributed by atoms with E-state index in [0.29, 0.717) is 35.7 Å². The van der Waals surface area contributed by atoms with Crippen molar-refractivity contribution >= 4 is 40.7 Å². The highest BCUT2D eigenvalue weighted by molar-refractivity contribution is 6.35. The molecule has 3 heterocycles. The second-order valence-corrected chi connectivity index (χ2v) is 10.1. The standard InChI is InChI=1S/C23H30N4O3.C9H9NO2/c1-5-27(6-2)11-7-10-24-23(29)21-15(3)12-16(25-21)13-19-18-14-17(30-4)8-9-20(18)26-22(19)28;1-12-7-2-3-8-6(4-7)5-9(11)10-8/h8-9,12-14,25H,5-7,10-11H2,1-4H3,(H,24,29)(H,26,28);2-4H,5H2,1H3,(H,10,11). The fourth-order valence-corrected chi connectivity index (χ4v) is 4.96. The summed E-state index contributed by atoms with van der Waals surface area (Å²) >= 11 is 0. The molecular formula is C32H39N5O5. The Bertz CT molecular complexity index is 1490. The van der Waals surface area contributed by atoms with Crippen molar-refractivity contribution in [3.63, 3.8) is 0 Å². The summed E-state index contributed by atoms with van der Waals surface area (Å²) in [6.45, 7) is 9.78. The van der Waals surface area contributed by atoms with Crippen LogP contribution in [0.4, 0.5) is 11.4 Å². The van der Waals surface area contributed by atoms with Crippen molar-refractivity contribution in [2.75, 3.05) is 51.0 Å². The van der Waals surface area contributed by atoms with E-state index in [-0.39, 0.29) is 17.7 Å². The Balaban J connectivity index is 0.000000279. The molecule has 2 aromatic carbocycles. The summed E-state index contributed by atoms with van der Waals surface area (Å²) in [6, 6.07) is 12.9. The van der Waals surface area contributed by atoms with Crippen molar-refractivity contribution in [2.24, 2.45) is 0 Å². The second-order valence-electron chi connectivity index (χ2n) is 10.1. The summed E-state index contributed by atoms with van der Waals surface area (Å²) in [4.78, 5) is 41.4. The lowest BCUT2D eigenvalue weighted by molar-refractivity contribution is -0.115. The van der Waals surface area contributed by atoms with E-state index < -0.39 is 0 Å². The Labute approximate surface area is 246 Å². The van der Waals surface area contributed by atoms with Crippen LogP contribution in [-0.2, 0) is 16.0 Å². The SMILES string of the molecule is CCN(CC)CCCNC(=O)c1[nH]c(C=C2C(=O)Nc3ccc(OC)cc32)cc1C.COc1ccc2c(c1)CC(=O)N2. The molecule has 0 saturated heterocycles. The normalized spacial score (nSPS) is 14.1. The molecule has 2 aliphatic rings. The lowest BCUT2D eigenvalue weighted by Gasteiger charge is -2.17. The van der Waals surface area contributed by atoms with Crippen LogP contribution in [0.5, 0.6) is 11.5 Å². The van der Waals surface area contributed by atoms with Crippen LogP contribution in [0.2, 0.25) is 0 Å². The number of anilines is 2. The zero-order chi connectivity index (χ0) is 30.2. The maximum Gasteiger partial charge on any atom is 0.267 e. The molecule has 1 aromatic heterocycles. The predicted octanol–water partition coefficient (Wildman–Crippen LogP) is 4.48. The summed E-state index contributed by atoms with van der Waals surface area (Å²) in [7, 11) is 3.21. The van der Waals surface area contributed by atoms with E-state index in [4.69, 9.17) is 9.47 Å². The summed E-state index contributed by atoms with van der Waals surface area (Å²) < 4.78 is 10.3. The minimum Gasteiger partial charge on any atom is -0.497 e. The van der Waals surface area contributed by atoms with Crippen LogP contribution in [0.25, 0.3) is 11.6 Å². The van der Waals surface area contributed by atoms with Gasteiger partial charge < -0.3 is 35.3 Å². The predicted molar refractivity (Wildman–Crippen MR) is 165 cm³/mol. The van der Waals surface area contributed by atoms with Gasteiger partial charge in [0.05, 0.1) is 26.2 Å². The number of methoxy groups -OCH3 is 2. The first kappa shape index (κ1) is 30.4. The molecule has 3 aromatic rings. The van der Waals surface area contributed by atoms with Crippen LogP contribution in [0.15, 0.2) is 42.5 Å². The number of fused-ring (bicyclic) bond motifs is 2. The lowest BCUT2D eigenvalue weighted by atomic mass is 10.1. The Morgan fingerprint density at radius 1 is 0.976 bits per heavy atom. The smallest absolute Gasteiger partial charge is 0.267 e. The van der Waals surface area contributed by atoms with Crippen LogP contribution in [-0.4, -0.2) is 68.0 Å². The first-order valence-electron chi connectivity index (χ1n) is 14.1. The van der Waals surface area contributed by atoms with Gasteiger partial charge in [-0.2, -0.15) is 0 Å². The zero-order valence-electron chi connectivity index (χ0n) is 24.8. The summed E-state index contributed by atoms with van der Waals surface area (Å²) in [6.07, 6.45) is 3.14. The third-order valence-electron chi connectivity index (χ3n) is 7.34. The van der Waals surface area contributed by atoms with Gasteiger partial charge in [0, 0.05) is 29.2 Å². The van der Waals surface area contributed by atoms with Gasteiger partial charge in [0.1, 0.15) is 17.2 Å². The van der Waals surface area contributed by atoms with Crippen molar-refractivity contribution in [2.45, 2.75) is 33.6 Å². The van der Waals surface area contributed by atoms with E-state index in [1.54, 1.807) is 20.3 Å². The lowest BCUT2D eigenvalue weighted by Crippen LogP contribution is -2.30. The number of benzene rings is 2. The Morgan fingerprint density at radius 2 is 1.67 bits per heavy atom. The third-order valence-corrected chi connectivity index (χ3v) is 7.34. The second kappa shape index (κ2) is 13.9. The molecule has 0 radical (unpaired) electrons. The van der Waals surface area contributed by atoms with Crippen LogP contribution in [0, 0.1) is 6.92 Å². The van der Waals surface area contributed by atoms with Gasteiger partial charge in [0.25, 0.3) is 11.8 Å². The number of carbonyl (C=O) groups excluding carboxylic acids is 3. The number of carbonyl (C=O) groups is 3. The number of rotatable bonds is 10. The van der Waals surface area contributed by atoms with Crippen molar-refractivity contribution in [3.8, 4) is 11.5 Å². The number of aromatic amines is 1. The van der Waals surface area contributed by atoms with Gasteiger partial charge >= 0.3 is 0 Å². The van der Waals surface area contributed by atoms with E-state index in [1.807, 2.05) is 49.4 Å². The Morgan fingerprint density at radius 3 is 2.36 bits per heavy atom. The molecule has 222 valence electrons. The molecule has 0 spiro atoms. The third kappa shape index (κ3) is 7.19. The van der Waals surface area contributed by atoms with E-state index in [1.165, 1.54) is 0 Å². The van der Waals surface area contributed by atoms with Crippen molar-refractivity contribution < 1.29 is 23.9 Å². The minimum absolute atomic E-state index is 0.0539. The maximum absolute atomic E-state index is 12.6. The Kier molecular flexibility index (Phi) is 10.0. The van der Waals surface area contributed by atoms with Gasteiger partial charge in [0.15, 0.2) is 0 Å². The van der Waals surface area contributed by atoms with Gasteiger partial charge in [-0.15, -0.1) is 0 Å². The number of H-pyrrole nitrogens is 1. The first-order chi connectivity index (χ1) is 20.3. The number of amides is 3. The average Bonchev–Trinajstić information content (AvgIpc) is 3.65. The number of hydrogen-bond acceptors (Lipinski definition) is 6. The van der Waals surface area contributed by atoms with Crippen molar-refractivity contribution in [1.82, 2.24) is 15.2 Å². The monoisotopic (exact) mass is 573 g/mol. The zero-order valence-corrected chi connectivity index (χ0v) is 24.8. The van der Waals surface area contributed by atoms with Gasteiger partial charge in [-0.05, 0) is 92.6 Å². The van der Waals surface area contributed by atoms with Crippen LogP contribution < -0.4 is 25.4 Å². The summed E-state index contributed by atoms with van der Waals surface area (Å²) in [5, 5.41) is 8.59. The fraction of sp³-hybridized carbons (Fsp3) is 0.344. The molecular weight excluding hydrogens is 534 g/mol. The molecule has 10 heteroatoms. The highest BCUT2D eigenvalue weighted by Gasteiger charge is 2.25. The van der Waals surface area contributed by atoms with Crippen molar-refractivity contribution in [1.29, 1.82) is 0 Å². The largest absolute Gasteiger partial charge is 0.497 e. The maximum atomic E-state index is 12.6. The average molecular weight is 574 g/mol. The van der Waals surface area contributed by atoms with Crippen molar-refractivity contribution in [3.05, 3.63) is 70.5 Å². The number of nitrogens with zero attached hydrogens (tertiary/aromatic N) is 1. The highest BCUT2D eigenvalue weighted by Crippen LogP contribution is 2.35. The van der Waals surface area contributed by atoms with E-state index in [9.17, 15) is 14.4 Å². The molecule has 4 N–H and O–H groups in total. The first-order valence-corrected chi connectivity index (χ1v) is 14.1. The Hall–Kier alpha value is -4.57. The number of nitrogens with one attached hydrogen (secondary N) is 4. The number of aromatic nitrogens is 1. The molecule has 3 amide bonds. The van der Waals surface area contributed by atoms with Crippen LogP contribution in [0.1, 0.15) is 53.1 Å². The molecule has 0 bridgehead atoms. The molecule has 10 nitrogen and oxygen atoms in total. The molecule has 0 fully saturated rings. The quantitative estimate of drug-likeness (QED) is 0.210. The topological polar surface area (TPSA) is 125 Å². The number of ether oxygens (including phenoxy) is 2. The number of hydrogen-bond donors (Lipinski definition) is 4. The van der Waals surface area contributed by atoms with Crippen LogP contribution >= 0.6 is 0 Å². The van der Waals surface area contributed by atoms with Gasteiger partial charge in [-0.1, -0.05) is 13.8 Å².